The maximum atomic E-state index is 14.0. The molecule has 4 heterocycles. The van der Waals surface area contributed by atoms with Crippen molar-refractivity contribution in [1.29, 1.82) is 0 Å². The van der Waals surface area contributed by atoms with E-state index in [0.29, 0.717) is 70.2 Å². The van der Waals surface area contributed by atoms with Crippen molar-refractivity contribution >= 4 is 45.8 Å². The van der Waals surface area contributed by atoms with Gasteiger partial charge in [-0.25, -0.2) is 14.8 Å². The number of H-pyrrole nitrogens is 1. The highest BCUT2D eigenvalue weighted by Gasteiger charge is 2.40. The summed E-state index contributed by atoms with van der Waals surface area (Å²) >= 11 is 6.41. The summed E-state index contributed by atoms with van der Waals surface area (Å²) < 4.78 is 48.9. The van der Waals surface area contributed by atoms with Gasteiger partial charge in [0.2, 0.25) is 5.91 Å². The maximum absolute atomic E-state index is 14.0. The number of aryl methyl sites for hydroxylation is 1. The first kappa shape index (κ1) is 51.0. The van der Waals surface area contributed by atoms with Crippen LogP contribution in [-0.2, 0) is 11.0 Å². The molecule has 2 aliphatic heterocycles. The highest BCUT2D eigenvalue weighted by Crippen LogP contribution is 2.47. The first-order valence-electron chi connectivity index (χ1n) is 25.5. The molecule has 2 aromatic heterocycles. The Balaban J connectivity index is 0.746. The molecule has 18 heteroatoms. The van der Waals surface area contributed by atoms with Crippen molar-refractivity contribution < 1.29 is 27.5 Å². The Morgan fingerprint density at radius 2 is 1.61 bits per heavy atom. The predicted octanol–water partition coefficient (Wildman–Crippen LogP) is 9.59. The van der Waals surface area contributed by atoms with Gasteiger partial charge in [0.05, 0.1) is 34.9 Å². The van der Waals surface area contributed by atoms with Crippen molar-refractivity contribution in [3.05, 3.63) is 115 Å². The molecule has 2 amide bonds. The number of anilines is 2. The molecule has 0 radical (unpaired) electrons. The second kappa shape index (κ2) is 21.3. The second-order valence-corrected chi connectivity index (χ2v) is 20.9. The van der Waals surface area contributed by atoms with Gasteiger partial charge in [0.25, 0.3) is 11.5 Å². The smallest absolute Gasteiger partial charge is 0.416 e. The number of likely N-dealkylation sites (tertiary alicyclic amines) is 1. The van der Waals surface area contributed by atoms with E-state index in [1.165, 1.54) is 22.9 Å². The van der Waals surface area contributed by atoms with Crippen LogP contribution in [-0.4, -0.2) is 106 Å². The molecule has 2 aliphatic carbocycles. The van der Waals surface area contributed by atoms with Crippen molar-refractivity contribution in [3.63, 3.8) is 0 Å². The number of fused-ring (bicyclic) bond motifs is 1. The molecule has 9 rings (SSSR count). The van der Waals surface area contributed by atoms with Gasteiger partial charge in [0.15, 0.2) is 0 Å². The Bertz CT molecular complexity index is 2910. The molecule has 384 valence electrons. The zero-order valence-electron chi connectivity index (χ0n) is 41.5. The van der Waals surface area contributed by atoms with Crippen molar-refractivity contribution in [2.45, 2.75) is 103 Å². The fourth-order valence-corrected chi connectivity index (χ4v) is 12.0. The van der Waals surface area contributed by atoms with Crippen LogP contribution < -0.4 is 26.6 Å². The lowest BCUT2D eigenvalue weighted by Gasteiger charge is -2.47. The molecule has 4 aliphatic rings. The van der Waals surface area contributed by atoms with E-state index in [4.69, 9.17) is 26.3 Å². The maximum Gasteiger partial charge on any atom is 0.416 e. The predicted molar refractivity (Wildman–Crippen MR) is 273 cm³/mol. The van der Waals surface area contributed by atoms with Crippen molar-refractivity contribution in [3.8, 4) is 11.4 Å². The first-order chi connectivity index (χ1) is 34.5. The number of halogens is 4. The van der Waals surface area contributed by atoms with E-state index in [2.05, 4.69) is 31.5 Å². The Labute approximate surface area is 422 Å². The number of aromatic amines is 1. The minimum atomic E-state index is -4.49. The Hall–Kier alpha value is -5.94. The van der Waals surface area contributed by atoms with E-state index in [9.17, 15) is 32.3 Å². The number of carbonyl (C=O) groups is 2. The molecule has 1 atom stereocenters. The van der Waals surface area contributed by atoms with E-state index in [-0.39, 0.29) is 29.1 Å². The summed E-state index contributed by atoms with van der Waals surface area (Å²) in [6, 6.07) is 13.7. The minimum Gasteiger partial charge on any atom is -0.496 e. The number of carbonyl (C=O) groups excluding carboxylic acids is 2. The molecule has 1 spiro atoms. The molecule has 3 N–H and O–H groups in total. The lowest BCUT2D eigenvalue weighted by Crippen LogP contribution is -2.52. The van der Waals surface area contributed by atoms with E-state index in [1.54, 1.807) is 38.3 Å². The number of methoxy groups -OCH3 is 1. The number of ether oxygens (including phenoxy) is 1. The summed E-state index contributed by atoms with van der Waals surface area (Å²) in [5, 5.41) is 7.49. The fourth-order valence-electron chi connectivity index (χ4n) is 11.8. The van der Waals surface area contributed by atoms with Gasteiger partial charge in [-0.2, -0.15) is 13.2 Å². The molecular formula is C54H65ClF3N9O5. The van der Waals surface area contributed by atoms with Crippen LogP contribution in [0.15, 0.2) is 70.4 Å². The Morgan fingerprint density at radius 3 is 2.28 bits per heavy atom. The number of piperazine rings is 1. The van der Waals surface area contributed by atoms with Crippen LogP contribution in [0.1, 0.15) is 123 Å². The third kappa shape index (κ3) is 11.2. The second-order valence-electron chi connectivity index (χ2n) is 20.5. The minimum absolute atomic E-state index is 0.0314. The Morgan fingerprint density at radius 1 is 0.889 bits per heavy atom. The highest BCUT2D eigenvalue weighted by molar-refractivity contribution is 6.32. The molecular weight excluding hydrogens is 947 g/mol. The van der Waals surface area contributed by atoms with Crippen LogP contribution in [0.3, 0.4) is 0 Å². The van der Waals surface area contributed by atoms with Gasteiger partial charge in [0.1, 0.15) is 17.4 Å². The van der Waals surface area contributed by atoms with Gasteiger partial charge in [-0.1, -0.05) is 11.6 Å². The van der Waals surface area contributed by atoms with E-state index < -0.39 is 29.0 Å². The van der Waals surface area contributed by atoms with Gasteiger partial charge >= 0.3 is 11.9 Å². The zero-order chi connectivity index (χ0) is 50.9. The standard InChI is InChI=1S/C54H65ClF3N9O5/c1-5-59-41-27-39(26-40(29-41)54(56,57)58)33(2)60-49-43-30-42(47(72-4)31-45(43)61-34(3)62-49)36-6-8-37(9-7-36)50(69)66-24-22-64(23-25-66)32-35-12-15-53(16-13-35)17-20-65(21-18-53)51(70)38-10-11-44(55)46(28-38)67-19-14-48(68)63-52(67)71/h10-11,14,19,26-31,33,35-37,59H,5-9,12-13,15-18,20-25,32H2,1-4H3,(H,60,61,62)(H,63,68,71)/t33-,36?,37?/m1/s1. The lowest BCUT2D eigenvalue weighted by atomic mass is 9.65. The number of rotatable bonds is 12. The summed E-state index contributed by atoms with van der Waals surface area (Å²) in [6.45, 7) is 11.6. The molecule has 14 nitrogen and oxygen atoms in total. The summed E-state index contributed by atoms with van der Waals surface area (Å²) in [7, 11) is 1.65. The number of hydrogen-bond donors (Lipinski definition) is 3. The monoisotopic (exact) mass is 1010 g/mol. The van der Waals surface area contributed by atoms with Crippen molar-refractivity contribution in [2.75, 3.05) is 70.1 Å². The van der Waals surface area contributed by atoms with E-state index in [1.807, 2.05) is 24.8 Å². The van der Waals surface area contributed by atoms with Gasteiger partial charge in [-0.05, 0) is 156 Å². The average molecular weight is 1010 g/mol. The zero-order valence-corrected chi connectivity index (χ0v) is 42.3. The first-order valence-corrected chi connectivity index (χ1v) is 25.9. The van der Waals surface area contributed by atoms with Crippen LogP contribution in [0.4, 0.5) is 24.7 Å². The number of benzene rings is 3. The third-order valence-corrected chi connectivity index (χ3v) is 16.3. The largest absolute Gasteiger partial charge is 0.496 e. The molecule has 2 saturated heterocycles. The number of amides is 2. The molecule has 0 bridgehead atoms. The van der Waals surface area contributed by atoms with Gasteiger partial charge < -0.3 is 25.2 Å². The van der Waals surface area contributed by atoms with Crippen LogP contribution >= 0.6 is 11.6 Å². The number of nitrogens with zero attached hydrogens (tertiary/aromatic N) is 6. The number of nitrogens with one attached hydrogen (secondary N) is 3. The summed E-state index contributed by atoms with van der Waals surface area (Å²) in [5.41, 5.74) is 1.77. The number of aromatic nitrogens is 4. The van der Waals surface area contributed by atoms with Gasteiger partial charge in [-0.3, -0.25) is 28.8 Å². The number of hydrogen-bond acceptors (Lipinski definition) is 10. The topological polar surface area (TPSA) is 158 Å². The summed E-state index contributed by atoms with van der Waals surface area (Å²) in [4.78, 5) is 69.9. The van der Waals surface area contributed by atoms with E-state index >= 15 is 0 Å². The number of alkyl halides is 3. The third-order valence-electron chi connectivity index (χ3n) is 15.9. The van der Waals surface area contributed by atoms with Gasteiger partial charge in [-0.15, -0.1) is 0 Å². The molecule has 0 unspecified atom stereocenters. The van der Waals surface area contributed by atoms with Crippen LogP contribution in [0.2, 0.25) is 5.02 Å². The molecule has 72 heavy (non-hydrogen) atoms. The summed E-state index contributed by atoms with van der Waals surface area (Å²) in [6.07, 6.45) is 6.62. The average Bonchev–Trinajstić information content (AvgIpc) is 3.37. The van der Waals surface area contributed by atoms with E-state index in [0.717, 1.165) is 120 Å². The molecule has 4 fully saturated rings. The lowest BCUT2D eigenvalue weighted by molar-refractivity contribution is -0.139. The number of piperidine rings is 1. The molecule has 5 aromatic rings. The normalized spacial score (nSPS) is 20.4. The highest BCUT2D eigenvalue weighted by atomic mass is 35.5. The summed E-state index contributed by atoms with van der Waals surface area (Å²) in [5.74, 6) is 2.68. The SMILES string of the molecule is CCNc1cc([C@@H](C)Nc2nc(C)nc3cc(OC)c(C4CCC(C(=O)N5CCN(CC6CCC7(CC6)CCN(C(=O)c6ccc(Cl)c(-n8ccc(=O)[nH]c8=O)c6)CC7)CC5)CC4)cc23)cc(C(F)(F)F)c1. The molecule has 2 saturated carbocycles. The van der Waals surface area contributed by atoms with Crippen LogP contribution in [0.5, 0.6) is 5.75 Å². The fraction of sp³-hybridized carbons (Fsp3) is 0.519. The van der Waals surface area contributed by atoms with Crippen molar-refractivity contribution in [2.24, 2.45) is 17.3 Å². The van der Waals surface area contributed by atoms with Gasteiger partial charge in [0, 0.05) is 93.2 Å². The Kier molecular flexibility index (Phi) is 15.1. The molecule has 3 aromatic carbocycles. The van der Waals surface area contributed by atoms with Crippen LogP contribution in [0, 0.1) is 24.2 Å². The quantitative estimate of drug-likeness (QED) is 0.110. The van der Waals surface area contributed by atoms with Crippen LogP contribution in [0.25, 0.3) is 16.6 Å². The van der Waals surface area contributed by atoms with Crippen molar-refractivity contribution in [1.82, 2.24) is 34.2 Å².